The maximum Gasteiger partial charge on any atom is 0.223 e. The first-order chi connectivity index (χ1) is 11.5. The zero-order valence-electron chi connectivity index (χ0n) is 13.3. The molecule has 0 aliphatic carbocycles. The van der Waals surface area contributed by atoms with Crippen molar-refractivity contribution in [2.75, 3.05) is 19.7 Å². The normalized spacial score (nSPS) is 18.0. The van der Waals surface area contributed by atoms with Crippen molar-refractivity contribution >= 4 is 5.91 Å². The highest BCUT2D eigenvalue weighted by molar-refractivity contribution is 5.76. The Bertz CT molecular complexity index is 735. The molecule has 3 rings (SSSR count). The zero-order valence-corrected chi connectivity index (χ0v) is 13.3. The second kappa shape index (κ2) is 7.04. The summed E-state index contributed by atoms with van der Waals surface area (Å²) in [5.74, 6) is -0.464. The van der Waals surface area contributed by atoms with Gasteiger partial charge in [0.1, 0.15) is 24.1 Å². The first-order valence-corrected chi connectivity index (χ1v) is 7.72. The second-order valence-electron chi connectivity index (χ2n) is 5.73. The Hall–Kier alpha value is -2.35. The monoisotopic (exact) mass is 336 g/mol. The van der Waals surface area contributed by atoms with Gasteiger partial charge in [0, 0.05) is 20.0 Å². The Morgan fingerprint density at radius 2 is 2.25 bits per heavy atom. The predicted molar refractivity (Wildman–Crippen MR) is 81.0 cm³/mol. The van der Waals surface area contributed by atoms with E-state index in [1.54, 1.807) is 15.8 Å². The van der Waals surface area contributed by atoms with Crippen molar-refractivity contribution in [2.45, 2.75) is 18.9 Å². The quantitative estimate of drug-likeness (QED) is 0.851. The zero-order chi connectivity index (χ0) is 17.1. The van der Waals surface area contributed by atoms with E-state index in [0.717, 1.165) is 18.2 Å². The average Bonchev–Trinajstić information content (AvgIpc) is 3.01. The lowest BCUT2D eigenvalue weighted by atomic mass is 10.1. The van der Waals surface area contributed by atoms with Gasteiger partial charge in [0.25, 0.3) is 0 Å². The molecular weight excluding hydrogens is 318 g/mol. The Morgan fingerprint density at radius 3 is 3.00 bits per heavy atom. The summed E-state index contributed by atoms with van der Waals surface area (Å²) < 4.78 is 34.2. The molecule has 6 nitrogen and oxygen atoms in total. The molecule has 1 amide bonds. The Labute approximate surface area is 138 Å². The van der Waals surface area contributed by atoms with E-state index in [9.17, 15) is 13.6 Å². The maximum atomic E-state index is 13.6. The van der Waals surface area contributed by atoms with Gasteiger partial charge in [-0.15, -0.1) is 10.2 Å². The number of carbonyl (C=O) groups excluding carboxylic acids is 1. The molecule has 8 heteroatoms. The van der Waals surface area contributed by atoms with Crippen molar-refractivity contribution in [3.8, 4) is 0 Å². The third-order valence-electron chi connectivity index (χ3n) is 4.07. The van der Waals surface area contributed by atoms with Crippen molar-refractivity contribution in [1.29, 1.82) is 0 Å². The Morgan fingerprint density at radius 1 is 1.42 bits per heavy atom. The number of ether oxygens (including phenoxy) is 1. The van der Waals surface area contributed by atoms with Crippen LogP contribution in [0.15, 0.2) is 24.5 Å². The number of amides is 1. The lowest BCUT2D eigenvalue weighted by molar-refractivity contribution is -0.139. The minimum absolute atomic E-state index is 0.117. The first kappa shape index (κ1) is 16.5. The fraction of sp³-hybridized carbons (Fsp3) is 0.438. The van der Waals surface area contributed by atoms with Gasteiger partial charge < -0.3 is 14.2 Å². The molecule has 0 saturated carbocycles. The summed E-state index contributed by atoms with van der Waals surface area (Å²) in [6, 6.07) is 3.27. The summed E-state index contributed by atoms with van der Waals surface area (Å²) in [5, 5.41) is 7.82. The van der Waals surface area contributed by atoms with Crippen LogP contribution in [0, 0.1) is 11.6 Å². The fourth-order valence-electron chi connectivity index (χ4n) is 2.75. The number of nitrogens with zero attached hydrogens (tertiary/aromatic N) is 4. The summed E-state index contributed by atoms with van der Waals surface area (Å²) in [4.78, 5) is 14.0. The molecule has 2 heterocycles. The van der Waals surface area contributed by atoms with Gasteiger partial charge in [-0.1, -0.05) is 0 Å². The van der Waals surface area contributed by atoms with Gasteiger partial charge in [0.2, 0.25) is 5.91 Å². The Kier molecular flexibility index (Phi) is 4.84. The fourth-order valence-corrected chi connectivity index (χ4v) is 2.75. The summed E-state index contributed by atoms with van der Waals surface area (Å²) >= 11 is 0. The van der Waals surface area contributed by atoms with Gasteiger partial charge >= 0.3 is 0 Å². The summed E-state index contributed by atoms with van der Waals surface area (Å²) in [7, 11) is 1.81. The highest BCUT2D eigenvalue weighted by atomic mass is 19.1. The number of morpholine rings is 1. The molecule has 1 aromatic carbocycles. The third-order valence-corrected chi connectivity index (χ3v) is 4.07. The number of carbonyl (C=O) groups is 1. The van der Waals surface area contributed by atoms with E-state index in [4.69, 9.17) is 4.74 Å². The van der Waals surface area contributed by atoms with E-state index in [0.29, 0.717) is 25.5 Å². The molecule has 1 aliphatic rings. The smallest absolute Gasteiger partial charge is 0.223 e. The van der Waals surface area contributed by atoms with Crippen LogP contribution >= 0.6 is 0 Å². The number of halogens is 2. The molecule has 0 N–H and O–H groups in total. The number of hydrogen-bond acceptors (Lipinski definition) is 4. The highest BCUT2D eigenvalue weighted by Gasteiger charge is 2.28. The topological polar surface area (TPSA) is 60.2 Å². The van der Waals surface area contributed by atoms with Gasteiger partial charge in [-0.25, -0.2) is 8.78 Å². The van der Waals surface area contributed by atoms with Gasteiger partial charge in [-0.3, -0.25) is 4.79 Å². The highest BCUT2D eigenvalue weighted by Crippen LogP contribution is 2.21. The van der Waals surface area contributed by atoms with Gasteiger partial charge in [-0.2, -0.15) is 0 Å². The van der Waals surface area contributed by atoms with Crippen LogP contribution in [0.5, 0.6) is 0 Å². The van der Waals surface area contributed by atoms with Gasteiger partial charge in [0.15, 0.2) is 5.82 Å². The van der Waals surface area contributed by atoms with Crippen LogP contribution in [0.1, 0.15) is 23.9 Å². The Balaban J connectivity index is 1.60. The van der Waals surface area contributed by atoms with Crippen LogP contribution in [0.3, 0.4) is 0 Å². The molecule has 2 aromatic rings. The lowest BCUT2D eigenvalue weighted by Crippen LogP contribution is -2.43. The molecule has 1 fully saturated rings. The third kappa shape index (κ3) is 3.59. The minimum atomic E-state index is -0.507. The van der Waals surface area contributed by atoms with E-state index in [1.807, 2.05) is 7.05 Å². The van der Waals surface area contributed by atoms with E-state index < -0.39 is 11.6 Å². The molecule has 0 bridgehead atoms. The lowest BCUT2D eigenvalue weighted by Gasteiger charge is -2.32. The number of aryl methyl sites for hydroxylation is 2. The summed E-state index contributed by atoms with van der Waals surface area (Å²) in [6.45, 7) is 1.24. The molecule has 1 aromatic heterocycles. The largest absolute Gasteiger partial charge is 0.366 e. The molecule has 1 saturated heterocycles. The molecule has 0 spiro atoms. The molecule has 1 aliphatic heterocycles. The van der Waals surface area contributed by atoms with E-state index in [1.165, 1.54) is 0 Å². The van der Waals surface area contributed by atoms with E-state index in [-0.39, 0.29) is 30.4 Å². The molecule has 0 radical (unpaired) electrons. The van der Waals surface area contributed by atoms with Crippen LogP contribution < -0.4 is 0 Å². The van der Waals surface area contributed by atoms with Crippen molar-refractivity contribution in [2.24, 2.45) is 7.05 Å². The van der Waals surface area contributed by atoms with Crippen LogP contribution in [-0.2, 0) is 23.0 Å². The van der Waals surface area contributed by atoms with Crippen LogP contribution in [0.25, 0.3) is 0 Å². The number of hydrogen-bond donors (Lipinski definition) is 0. The van der Waals surface area contributed by atoms with Crippen LogP contribution in [0.4, 0.5) is 8.78 Å². The van der Waals surface area contributed by atoms with Crippen molar-refractivity contribution in [3.63, 3.8) is 0 Å². The van der Waals surface area contributed by atoms with Gasteiger partial charge in [-0.05, 0) is 30.2 Å². The van der Waals surface area contributed by atoms with Crippen molar-refractivity contribution in [3.05, 3.63) is 47.5 Å². The van der Waals surface area contributed by atoms with Crippen molar-refractivity contribution < 1.29 is 18.3 Å². The molecular formula is C16H18F2N4O2. The number of rotatable bonds is 4. The van der Waals surface area contributed by atoms with E-state index in [2.05, 4.69) is 10.2 Å². The molecule has 128 valence electrons. The number of aromatic nitrogens is 3. The average molecular weight is 336 g/mol. The van der Waals surface area contributed by atoms with E-state index >= 15 is 0 Å². The first-order valence-electron chi connectivity index (χ1n) is 7.72. The van der Waals surface area contributed by atoms with Crippen molar-refractivity contribution in [1.82, 2.24) is 19.7 Å². The predicted octanol–water partition coefficient (Wildman–Crippen LogP) is 1.63. The molecule has 1 unspecified atom stereocenters. The van der Waals surface area contributed by atoms with Gasteiger partial charge in [0.05, 0.1) is 13.2 Å². The SMILES string of the molecule is Cn1cnnc1C1CN(C(=O)CCc2cc(F)ccc2F)CCO1. The standard InChI is InChI=1S/C16H18F2N4O2/c1-21-10-19-20-16(21)14-9-22(6-7-24-14)15(23)5-2-11-8-12(17)3-4-13(11)18/h3-4,8,10,14H,2,5-7,9H2,1H3. The maximum absolute atomic E-state index is 13.6. The summed E-state index contributed by atoms with van der Waals surface area (Å²) in [6.07, 6.45) is 1.52. The summed E-state index contributed by atoms with van der Waals surface area (Å²) in [5.41, 5.74) is 0.210. The molecule has 1 atom stereocenters. The van der Waals surface area contributed by atoms with Crippen LogP contribution in [-0.4, -0.2) is 45.3 Å². The molecule has 24 heavy (non-hydrogen) atoms. The van der Waals surface area contributed by atoms with Crippen LogP contribution in [0.2, 0.25) is 0 Å². The minimum Gasteiger partial charge on any atom is -0.366 e. The second-order valence-corrected chi connectivity index (χ2v) is 5.73. The number of benzene rings is 1.